The summed E-state index contributed by atoms with van der Waals surface area (Å²) in [7, 11) is 0. The van der Waals surface area contributed by atoms with E-state index in [1.165, 1.54) is 11.1 Å². The van der Waals surface area contributed by atoms with Crippen molar-refractivity contribution < 1.29 is 0 Å². The topological polar surface area (TPSA) is 53.6 Å². The van der Waals surface area contributed by atoms with Crippen molar-refractivity contribution in [3.8, 4) is 0 Å². The molecule has 0 aliphatic heterocycles. The Kier molecular flexibility index (Phi) is 3.31. The lowest BCUT2D eigenvalue weighted by atomic mass is 10.1. The van der Waals surface area contributed by atoms with Gasteiger partial charge in [0.05, 0.1) is 6.20 Å². The third kappa shape index (κ3) is 2.46. The first-order chi connectivity index (χ1) is 7.77. The second kappa shape index (κ2) is 4.90. The molecule has 0 unspecified atom stereocenters. The molecule has 0 fully saturated rings. The highest BCUT2D eigenvalue weighted by atomic mass is 15.1. The number of hydrogen-bond donors (Lipinski definition) is 2. The molecular weight excluding hydrogens is 200 g/mol. The van der Waals surface area contributed by atoms with Crippen molar-refractivity contribution >= 4 is 0 Å². The zero-order chi connectivity index (χ0) is 11.4. The maximum absolute atomic E-state index is 4.01. The van der Waals surface area contributed by atoms with Crippen LogP contribution in [0.15, 0.2) is 30.7 Å². The maximum atomic E-state index is 4.01. The van der Waals surface area contributed by atoms with E-state index in [2.05, 4.69) is 27.4 Å². The van der Waals surface area contributed by atoms with Crippen LogP contribution in [-0.2, 0) is 6.54 Å². The van der Waals surface area contributed by atoms with Crippen LogP contribution in [0.1, 0.15) is 29.8 Å². The first-order valence-corrected chi connectivity index (χ1v) is 5.39. The standard InChI is InChI=1S/C12H16N4/c1-9(11-3-5-13-6-4-11)14-7-12-8-15-16-10(12)2/h3-6,8-9,14H,7H2,1-2H3,(H,15,16)/t9-/m0/s1. The van der Waals surface area contributed by atoms with Crippen LogP contribution in [0.2, 0.25) is 0 Å². The van der Waals surface area contributed by atoms with Crippen molar-refractivity contribution in [1.29, 1.82) is 0 Å². The van der Waals surface area contributed by atoms with Gasteiger partial charge in [-0.15, -0.1) is 0 Å². The van der Waals surface area contributed by atoms with E-state index in [4.69, 9.17) is 0 Å². The van der Waals surface area contributed by atoms with Crippen LogP contribution in [0.4, 0.5) is 0 Å². The number of aromatic amines is 1. The number of pyridine rings is 1. The highest BCUT2D eigenvalue weighted by molar-refractivity contribution is 5.17. The monoisotopic (exact) mass is 216 g/mol. The predicted octanol–water partition coefficient (Wildman–Crippen LogP) is 1.96. The number of aromatic nitrogens is 3. The Morgan fingerprint density at radius 1 is 1.38 bits per heavy atom. The van der Waals surface area contributed by atoms with Crippen LogP contribution in [0.5, 0.6) is 0 Å². The molecule has 2 heterocycles. The van der Waals surface area contributed by atoms with Crippen LogP contribution in [0.3, 0.4) is 0 Å². The molecule has 4 nitrogen and oxygen atoms in total. The summed E-state index contributed by atoms with van der Waals surface area (Å²) in [5.41, 5.74) is 3.58. The smallest absolute Gasteiger partial charge is 0.0535 e. The van der Waals surface area contributed by atoms with Gasteiger partial charge < -0.3 is 5.32 Å². The van der Waals surface area contributed by atoms with Crippen LogP contribution in [0, 0.1) is 6.92 Å². The Morgan fingerprint density at radius 2 is 2.12 bits per heavy atom. The molecular formula is C12H16N4. The zero-order valence-electron chi connectivity index (χ0n) is 9.57. The molecule has 0 radical (unpaired) electrons. The molecule has 2 aromatic rings. The molecule has 84 valence electrons. The zero-order valence-corrected chi connectivity index (χ0v) is 9.57. The second-order valence-electron chi connectivity index (χ2n) is 3.90. The lowest BCUT2D eigenvalue weighted by Crippen LogP contribution is -2.18. The van der Waals surface area contributed by atoms with E-state index in [0.29, 0.717) is 6.04 Å². The summed E-state index contributed by atoms with van der Waals surface area (Å²) in [5.74, 6) is 0. The van der Waals surface area contributed by atoms with Crippen LogP contribution < -0.4 is 5.32 Å². The number of nitrogens with one attached hydrogen (secondary N) is 2. The highest BCUT2D eigenvalue weighted by Crippen LogP contribution is 2.11. The Labute approximate surface area is 95.1 Å². The number of aryl methyl sites for hydroxylation is 1. The maximum Gasteiger partial charge on any atom is 0.0535 e. The molecule has 0 saturated carbocycles. The second-order valence-corrected chi connectivity index (χ2v) is 3.90. The molecule has 2 rings (SSSR count). The minimum Gasteiger partial charge on any atom is -0.306 e. The third-order valence-corrected chi connectivity index (χ3v) is 2.74. The Balaban J connectivity index is 1.94. The van der Waals surface area contributed by atoms with Crippen molar-refractivity contribution in [2.45, 2.75) is 26.4 Å². The van der Waals surface area contributed by atoms with E-state index in [1.807, 2.05) is 37.6 Å². The summed E-state index contributed by atoms with van der Waals surface area (Å²) in [6.07, 6.45) is 5.49. The van der Waals surface area contributed by atoms with Crippen molar-refractivity contribution in [3.05, 3.63) is 47.5 Å². The molecule has 0 aliphatic carbocycles. The molecule has 0 aliphatic rings. The van der Waals surface area contributed by atoms with Gasteiger partial charge in [-0.25, -0.2) is 0 Å². The summed E-state index contributed by atoms with van der Waals surface area (Å²) in [4.78, 5) is 4.01. The van der Waals surface area contributed by atoms with Crippen molar-refractivity contribution in [2.24, 2.45) is 0 Å². The largest absolute Gasteiger partial charge is 0.306 e. The molecule has 2 N–H and O–H groups in total. The van der Waals surface area contributed by atoms with Crippen LogP contribution in [0.25, 0.3) is 0 Å². The van der Waals surface area contributed by atoms with Crippen molar-refractivity contribution in [1.82, 2.24) is 20.5 Å². The number of rotatable bonds is 4. The van der Waals surface area contributed by atoms with Gasteiger partial charge in [0.25, 0.3) is 0 Å². The fourth-order valence-corrected chi connectivity index (χ4v) is 1.59. The van der Waals surface area contributed by atoms with Crippen LogP contribution in [-0.4, -0.2) is 15.2 Å². The summed E-state index contributed by atoms with van der Waals surface area (Å²) >= 11 is 0. The Hall–Kier alpha value is -1.68. The SMILES string of the molecule is Cc1[nH]ncc1CN[C@@H](C)c1ccncc1. The van der Waals surface area contributed by atoms with Crippen molar-refractivity contribution in [3.63, 3.8) is 0 Å². The molecule has 1 atom stereocenters. The molecule has 0 bridgehead atoms. The first-order valence-electron chi connectivity index (χ1n) is 5.39. The van der Waals surface area contributed by atoms with E-state index in [9.17, 15) is 0 Å². The van der Waals surface area contributed by atoms with E-state index in [0.717, 1.165) is 12.2 Å². The number of H-pyrrole nitrogens is 1. The van der Waals surface area contributed by atoms with E-state index < -0.39 is 0 Å². The Bertz CT molecular complexity index is 435. The van der Waals surface area contributed by atoms with Gasteiger partial charge in [0.2, 0.25) is 0 Å². The van der Waals surface area contributed by atoms with Gasteiger partial charge in [0.15, 0.2) is 0 Å². The van der Waals surface area contributed by atoms with Gasteiger partial charge >= 0.3 is 0 Å². The van der Waals surface area contributed by atoms with E-state index in [1.54, 1.807) is 0 Å². The molecule has 4 heteroatoms. The average Bonchev–Trinajstić information content (AvgIpc) is 2.73. The average molecular weight is 216 g/mol. The Morgan fingerprint density at radius 3 is 2.75 bits per heavy atom. The normalized spacial score (nSPS) is 12.6. The highest BCUT2D eigenvalue weighted by Gasteiger charge is 2.05. The predicted molar refractivity (Wildman–Crippen MR) is 62.8 cm³/mol. The fraction of sp³-hybridized carbons (Fsp3) is 0.333. The summed E-state index contributed by atoms with van der Waals surface area (Å²) in [6.45, 7) is 5.00. The third-order valence-electron chi connectivity index (χ3n) is 2.74. The lowest BCUT2D eigenvalue weighted by Gasteiger charge is -2.13. The van der Waals surface area contributed by atoms with E-state index >= 15 is 0 Å². The van der Waals surface area contributed by atoms with Gasteiger partial charge in [0.1, 0.15) is 0 Å². The molecule has 16 heavy (non-hydrogen) atoms. The minimum absolute atomic E-state index is 0.317. The van der Waals surface area contributed by atoms with Crippen LogP contribution >= 0.6 is 0 Å². The quantitative estimate of drug-likeness (QED) is 0.821. The molecule has 0 amide bonds. The van der Waals surface area contributed by atoms with Gasteiger partial charge in [-0.1, -0.05) is 0 Å². The molecule has 2 aromatic heterocycles. The van der Waals surface area contributed by atoms with Gasteiger partial charge in [0, 0.05) is 36.2 Å². The lowest BCUT2D eigenvalue weighted by molar-refractivity contribution is 0.573. The van der Waals surface area contributed by atoms with E-state index in [-0.39, 0.29) is 0 Å². The fourth-order valence-electron chi connectivity index (χ4n) is 1.59. The van der Waals surface area contributed by atoms with Crippen molar-refractivity contribution in [2.75, 3.05) is 0 Å². The summed E-state index contributed by atoms with van der Waals surface area (Å²) in [5, 5.41) is 10.4. The molecule has 0 saturated heterocycles. The van der Waals surface area contributed by atoms with Gasteiger partial charge in [-0.05, 0) is 31.5 Å². The summed E-state index contributed by atoms with van der Waals surface area (Å²) in [6, 6.07) is 4.37. The number of nitrogens with zero attached hydrogens (tertiary/aromatic N) is 2. The minimum atomic E-state index is 0.317. The molecule has 0 spiro atoms. The number of hydrogen-bond acceptors (Lipinski definition) is 3. The first kappa shape index (κ1) is 10.8. The van der Waals surface area contributed by atoms with Gasteiger partial charge in [-0.3, -0.25) is 10.1 Å². The summed E-state index contributed by atoms with van der Waals surface area (Å²) < 4.78 is 0. The van der Waals surface area contributed by atoms with Gasteiger partial charge in [-0.2, -0.15) is 5.10 Å². The molecule has 0 aromatic carbocycles.